The summed E-state index contributed by atoms with van der Waals surface area (Å²) in [5, 5.41) is 0. The highest BCUT2D eigenvalue weighted by Crippen LogP contribution is 2.37. The molecule has 3 rings (SSSR count). The number of nitrogens with two attached hydrogens (primary N) is 1. The molecular formula is C16H19N3O2. The molecule has 1 aromatic heterocycles. The number of para-hydroxylation sites is 1. The van der Waals surface area contributed by atoms with Crippen LogP contribution < -0.4 is 15.2 Å². The third-order valence-corrected chi connectivity index (χ3v) is 3.86. The van der Waals surface area contributed by atoms with Crippen molar-refractivity contribution in [3.63, 3.8) is 0 Å². The molecule has 0 aliphatic heterocycles. The van der Waals surface area contributed by atoms with Crippen molar-refractivity contribution in [1.82, 2.24) is 9.97 Å². The molecular weight excluding hydrogens is 266 g/mol. The number of nitrogens with zero attached hydrogens (tertiary/aromatic N) is 2. The van der Waals surface area contributed by atoms with Crippen molar-refractivity contribution in [1.29, 1.82) is 0 Å². The third-order valence-electron chi connectivity index (χ3n) is 3.86. The van der Waals surface area contributed by atoms with Gasteiger partial charge in [0.05, 0.1) is 19.8 Å². The number of anilines is 1. The van der Waals surface area contributed by atoms with Crippen LogP contribution in [-0.2, 0) is 12.8 Å². The summed E-state index contributed by atoms with van der Waals surface area (Å²) >= 11 is 0. The van der Waals surface area contributed by atoms with Crippen LogP contribution in [0.25, 0.3) is 11.4 Å². The van der Waals surface area contributed by atoms with E-state index in [0.29, 0.717) is 23.1 Å². The van der Waals surface area contributed by atoms with E-state index in [0.717, 1.165) is 42.5 Å². The summed E-state index contributed by atoms with van der Waals surface area (Å²) in [4.78, 5) is 9.17. The molecule has 21 heavy (non-hydrogen) atoms. The molecule has 2 aromatic rings. The SMILES string of the molecule is COc1cccc(-c2nc(N)c3c(n2)CCCC3)c1OC. The molecule has 1 heterocycles. The number of methoxy groups -OCH3 is 2. The van der Waals surface area contributed by atoms with Crippen molar-refractivity contribution in [2.75, 3.05) is 20.0 Å². The zero-order valence-corrected chi connectivity index (χ0v) is 12.3. The Morgan fingerprint density at radius 3 is 2.62 bits per heavy atom. The maximum Gasteiger partial charge on any atom is 0.171 e. The normalized spacial score (nSPS) is 13.6. The summed E-state index contributed by atoms with van der Waals surface area (Å²) in [6.45, 7) is 0. The van der Waals surface area contributed by atoms with E-state index in [9.17, 15) is 0 Å². The molecule has 110 valence electrons. The highest BCUT2D eigenvalue weighted by Gasteiger charge is 2.19. The Bertz CT molecular complexity index is 671. The van der Waals surface area contributed by atoms with Gasteiger partial charge in [-0.1, -0.05) is 6.07 Å². The standard InChI is InChI=1S/C16H19N3O2/c1-20-13-9-5-7-11(14(13)21-2)16-18-12-8-4-3-6-10(12)15(17)19-16/h5,7,9H,3-4,6,8H2,1-2H3,(H2,17,18,19). The van der Waals surface area contributed by atoms with Crippen molar-refractivity contribution in [3.8, 4) is 22.9 Å². The lowest BCUT2D eigenvalue weighted by atomic mass is 9.96. The maximum atomic E-state index is 6.12. The number of hydrogen-bond acceptors (Lipinski definition) is 5. The highest BCUT2D eigenvalue weighted by atomic mass is 16.5. The summed E-state index contributed by atoms with van der Waals surface area (Å²) in [5.74, 6) is 2.48. The smallest absolute Gasteiger partial charge is 0.171 e. The summed E-state index contributed by atoms with van der Waals surface area (Å²) in [7, 11) is 3.23. The van der Waals surface area contributed by atoms with E-state index in [1.54, 1.807) is 14.2 Å². The van der Waals surface area contributed by atoms with Crippen LogP contribution in [0.5, 0.6) is 11.5 Å². The number of nitrogen functional groups attached to an aromatic ring is 1. The number of aromatic nitrogens is 2. The number of ether oxygens (including phenoxy) is 2. The van der Waals surface area contributed by atoms with E-state index >= 15 is 0 Å². The number of rotatable bonds is 3. The van der Waals surface area contributed by atoms with Crippen LogP contribution in [0.3, 0.4) is 0 Å². The molecule has 2 N–H and O–H groups in total. The van der Waals surface area contributed by atoms with Crippen molar-refractivity contribution in [2.45, 2.75) is 25.7 Å². The van der Waals surface area contributed by atoms with Gasteiger partial charge in [0.25, 0.3) is 0 Å². The van der Waals surface area contributed by atoms with Crippen LogP contribution in [0.4, 0.5) is 5.82 Å². The van der Waals surface area contributed by atoms with E-state index in [4.69, 9.17) is 20.2 Å². The lowest BCUT2D eigenvalue weighted by Crippen LogP contribution is -2.12. The minimum Gasteiger partial charge on any atom is -0.493 e. The predicted molar refractivity (Wildman–Crippen MR) is 81.6 cm³/mol. The lowest BCUT2D eigenvalue weighted by molar-refractivity contribution is 0.356. The Hall–Kier alpha value is -2.30. The van der Waals surface area contributed by atoms with E-state index in [-0.39, 0.29) is 0 Å². The van der Waals surface area contributed by atoms with Gasteiger partial charge in [0.1, 0.15) is 5.82 Å². The molecule has 0 unspecified atom stereocenters. The Morgan fingerprint density at radius 2 is 1.86 bits per heavy atom. The minimum atomic E-state index is 0.583. The first-order chi connectivity index (χ1) is 10.2. The zero-order chi connectivity index (χ0) is 14.8. The average Bonchev–Trinajstić information content (AvgIpc) is 2.54. The fraction of sp³-hybridized carbons (Fsp3) is 0.375. The fourth-order valence-electron chi connectivity index (χ4n) is 2.81. The van der Waals surface area contributed by atoms with Crippen LogP contribution in [0.1, 0.15) is 24.1 Å². The molecule has 1 aliphatic carbocycles. The highest BCUT2D eigenvalue weighted by molar-refractivity contribution is 5.70. The largest absolute Gasteiger partial charge is 0.493 e. The Morgan fingerprint density at radius 1 is 1.05 bits per heavy atom. The van der Waals surface area contributed by atoms with Gasteiger partial charge in [-0.15, -0.1) is 0 Å². The van der Waals surface area contributed by atoms with Crippen LogP contribution in [0.2, 0.25) is 0 Å². The predicted octanol–water partition coefficient (Wildman–Crippen LogP) is 2.62. The first-order valence-electron chi connectivity index (χ1n) is 7.11. The average molecular weight is 285 g/mol. The van der Waals surface area contributed by atoms with Gasteiger partial charge in [0, 0.05) is 11.3 Å². The fourth-order valence-corrected chi connectivity index (χ4v) is 2.81. The molecule has 0 atom stereocenters. The Balaban J connectivity index is 2.15. The quantitative estimate of drug-likeness (QED) is 0.938. The first-order valence-corrected chi connectivity index (χ1v) is 7.11. The minimum absolute atomic E-state index is 0.583. The van der Waals surface area contributed by atoms with Gasteiger partial charge in [-0.25, -0.2) is 9.97 Å². The second-order valence-electron chi connectivity index (χ2n) is 5.11. The molecule has 1 aliphatic rings. The van der Waals surface area contributed by atoms with E-state index < -0.39 is 0 Å². The van der Waals surface area contributed by atoms with Gasteiger partial charge in [-0.05, 0) is 37.8 Å². The Kier molecular flexibility index (Phi) is 3.64. The molecule has 5 nitrogen and oxygen atoms in total. The van der Waals surface area contributed by atoms with E-state index in [1.807, 2.05) is 18.2 Å². The van der Waals surface area contributed by atoms with Crippen molar-refractivity contribution >= 4 is 5.82 Å². The van der Waals surface area contributed by atoms with Gasteiger partial charge in [0.2, 0.25) is 0 Å². The van der Waals surface area contributed by atoms with Gasteiger partial charge >= 0.3 is 0 Å². The monoisotopic (exact) mass is 285 g/mol. The van der Waals surface area contributed by atoms with E-state index in [1.165, 1.54) is 0 Å². The molecule has 0 spiro atoms. The van der Waals surface area contributed by atoms with Crippen LogP contribution in [0, 0.1) is 0 Å². The second-order valence-corrected chi connectivity index (χ2v) is 5.11. The summed E-state index contributed by atoms with van der Waals surface area (Å²) in [6.07, 6.45) is 4.23. The van der Waals surface area contributed by atoms with Gasteiger partial charge in [0.15, 0.2) is 17.3 Å². The van der Waals surface area contributed by atoms with Crippen molar-refractivity contribution < 1.29 is 9.47 Å². The zero-order valence-electron chi connectivity index (χ0n) is 12.3. The van der Waals surface area contributed by atoms with E-state index in [2.05, 4.69) is 4.98 Å². The summed E-state index contributed by atoms with van der Waals surface area (Å²) < 4.78 is 10.8. The number of fused-ring (bicyclic) bond motifs is 1. The maximum absolute atomic E-state index is 6.12. The first kappa shape index (κ1) is 13.7. The van der Waals surface area contributed by atoms with Crippen LogP contribution in [-0.4, -0.2) is 24.2 Å². The molecule has 0 radical (unpaired) electrons. The van der Waals surface area contributed by atoms with Crippen molar-refractivity contribution in [2.24, 2.45) is 0 Å². The van der Waals surface area contributed by atoms with Crippen LogP contribution >= 0.6 is 0 Å². The Labute approximate surface area is 124 Å². The molecule has 0 amide bonds. The second kappa shape index (κ2) is 5.60. The van der Waals surface area contributed by atoms with Crippen molar-refractivity contribution in [3.05, 3.63) is 29.5 Å². The van der Waals surface area contributed by atoms with Gasteiger partial charge in [-0.3, -0.25) is 0 Å². The molecule has 0 fully saturated rings. The molecule has 0 saturated heterocycles. The van der Waals surface area contributed by atoms with Crippen LogP contribution in [0.15, 0.2) is 18.2 Å². The molecule has 0 bridgehead atoms. The van der Waals surface area contributed by atoms with Gasteiger partial charge in [-0.2, -0.15) is 0 Å². The lowest BCUT2D eigenvalue weighted by Gasteiger charge is -2.18. The number of benzene rings is 1. The third kappa shape index (κ3) is 2.39. The number of aryl methyl sites for hydroxylation is 1. The van der Waals surface area contributed by atoms with Gasteiger partial charge < -0.3 is 15.2 Å². The topological polar surface area (TPSA) is 70.3 Å². The number of hydrogen-bond donors (Lipinski definition) is 1. The molecule has 1 aromatic carbocycles. The molecule has 5 heteroatoms. The summed E-state index contributed by atoms with van der Waals surface area (Å²) in [6, 6.07) is 5.67. The summed E-state index contributed by atoms with van der Waals surface area (Å²) in [5.41, 5.74) is 9.09. The molecule has 0 saturated carbocycles.